The van der Waals surface area contributed by atoms with Crippen LogP contribution in [0, 0.1) is 39.9 Å². The van der Waals surface area contributed by atoms with Crippen LogP contribution in [0.2, 0.25) is 0 Å². The number of carbonyl (C=O) groups is 1. The van der Waals surface area contributed by atoms with Gasteiger partial charge in [-0.3, -0.25) is 0 Å². The molecule has 0 rings (SSSR count). The van der Waals surface area contributed by atoms with Gasteiger partial charge in [0.25, 0.3) is 0 Å². The van der Waals surface area contributed by atoms with Crippen molar-refractivity contribution in [2.75, 3.05) is 6.67 Å². The molecule has 0 amide bonds. The van der Waals surface area contributed by atoms with Gasteiger partial charge in [-0.05, 0) is 0 Å². The van der Waals surface area contributed by atoms with Gasteiger partial charge in [0.1, 0.15) is 0 Å². The van der Waals surface area contributed by atoms with Crippen molar-refractivity contribution < 1.29 is 54.2 Å². The van der Waals surface area contributed by atoms with E-state index < -0.39 is 12.6 Å². The fourth-order valence-electron chi connectivity index (χ4n) is 0. The molecule has 0 aromatic heterocycles. The van der Waals surface area contributed by atoms with Crippen LogP contribution in [0.25, 0.3) is 0 Å². The van der Waals surface area contributed by atoms with Gasteiger partial charge in [0.15, 0.2) is 6.67 Å². The van der Waals surface area contributed by atoms with Gasteiger partial charge in [0.05, 0.1) is 0 Å². The number of alkyl halides is 1. The smallest absolute Gasteiger partial charge is 0.335 e. The molecule has 0 aliphatic heterocycles. The number of rotatable bonds is 1. The molecule has 2 nitrogen and oxygen atoms in total. The van der Waals surface area contributed by atoms with E-state index in [-0.39, 0.29) is 39.9 Å². The summed E-state index contributed by atoms with van der Waals surface area (Å²) in [6.07, 6.45) is 0. The van der Waals surface area contributed by atoms with Crippen LogP contribution < -0.4 is 0 Å². The molecule has 0 spiro atoms. The standard InChI is InChI=1S/C2H3FO2.Gd/c3-1-2(4)5;/h1H2,(H,4,5);. The summed E-state index contributed by atoms with van der Waals surface area (Å²) in [5.41, 5.74) is 0. The Labute approximate surface area is 66.4 Å². The van der Waals surface area contributed by atoms with Crippen LogP contribution >= 0.6 is 0 Å². The molecule has 0 aromatic rings. The summed E-state index contributed by atoms with van der Waals surface area (Å²) < 4.78 is 10.5. The van der Waals surface area contributed by atoms with E-state index >= 15 is 0 Å². The van der Waals surface area contributed by atoms with Gasteiger partial charge < -0.3 is 5.11 Å². The molecule has 0 bridgehead atoms. The summed E-state index contributed by atoms with van der Waals surface area (Å²) in [6, 6.07) is 0. The second-order valence-electron chi connectivity index (χ2n) is 0.527. The van der Waals surface area contributed by atoms with Crippen LogP contribution in [0.5, 0.6) is 0 Å². The largest absolute Gasteiger partial charge is 0.479 e. The molecule has 0 atom stereocenters. The van der Waals surface area contributed by atoms with Crippen molar-refractivity contribution >= 4 is 5.97 Å². The Bertz CT molecular complexity index is 46.8. The van der Waals surface area contributed by atoms with Gasteiger partial charge in [-0.1, -0.05) is 0 Å². The van der Waals surface area contributed by atoms with Gasteiger partial charge in [0, 0.05) is 39.9 Å². The van der Waals surface area contributed by atoms with E-state index in [0.717, 1.165) is 0 Å². The summed E-state index contributed by atoms with van der Waals surface area (Å²) in [5.74, 6) is -1.41. The molecule has 0 radical (unpaired) electrons. The molecule has 0 aromatic carbocycles. The summed E-state index contributed by atoms with van der Waals surface area (Å²) in [5, 5.41) is 7.35. The third-order valence-corrected chi connectivity index (χ3v) is 0.114. The number of aliphatic carboxylic acids is 1. The fourth-order valence-corrected chi connectivity index (χ4v) is 0. The zero-order chi connectivity index (χ0) is 4.28. The molecule has 4 heteroatoms. The Morgan fingerprint density at radius 1 is 1.83 bits per heavy atom. The second kappa shape index (κ2) is 5.72. The molecule has 0 heterocycles. The summed E-state index contributed by atoms with van der Waals surface area (Å²) in [6.45, 7) is -1.28. The third kappa shape index (κ3) is 8.83. The molecule has 0 saturated heterocycles. The molecule has 0 unspecified atom stereocenters. The summed E-state index contributed by atoms with van der Waals surface area (Å²) in [7, 11) is 0. The first-order chi connectivity index (χ1) is 2.27. The molecule has 38 valence electrons. The van der Waals surface area contributed by atoms with Crippen LogP contribution in [0.3, 0.4) is 0 Å². The summed E-state index contributed by atoms with van der Waals surface area (Å²) in [4.78, 5) is 8.99. The van der Waals surface area contributed by atoms with Gasteiger partial charge in [0.2, 0.25) is 0 Å². The average Bonchev–Trinajstić information content (AvgIpc) is 1.38. The first-order valence-electron chi connectivity index (χ1n) is 1.05. The molecule has 1 N–H and O–H groups in total. The van der Waals surface area contributed by atoms with E-state index in [4.69, 9.17) is 9.90 Å². The molecule has 0 fully saturated rings. The minimum absolute atomic E-state index is 0. The number of carboxylic acids is 1. The van der Waals surface area contributed by atoms with Crippen LogP contribution in [0.15, 0.2) is 0 Å². The average molecular weight is 235 g/mol. The van der Waals surface area contributed by atoms with E-state index in [2.05, 4.69) is 0 Å². The van der Waals surface area contributed by atoms with Crippen LogP contribution in [-0.4, -0.2) is 17.8 Å². The maximum atomic E-state index is 10.5. The number of carboxylic acid groups (broad SMARTS) is 1. The Kier molecular flexibility index (Phi) is 9.42. The maximum absolute atomic E-state index is 10.5. The van der Waals surface area contributed by atoms with E-state index in [9.17, 15) is 4.39 Å². The van der Waals surface area contributed by atoms with Crippen LogP contribution in [0.1, 0.15) is 0 Å². The Morgan fingerprint density at radius 2 is 2.00 bits per heavy atom. The first kappa shape index (κ1) is 9.87. The zero-order valence-corrected chi connectivity index (χ0v) is 5.06. The molecule has 0 aliphatic rings. The maximum Gasteiger partial charge on any atom is 0.335 e. The predicted molar refractivity (Wildman–Crippen MR) is 13.6 cm³/mol. The fraction of sp³-hybridized carbons (Fsp3) is 0.500. The number of hydrogen-bond donors (Lipinski definition) is 1. The van der Waals surface area contributed by atoms with Gasteiger partial charge >= 0.3 is 5.97 Å². The minimum atomic E-state index is -1.41. The SMILES string of the molecule is O=C(O)CF.[Gd]. The molecule has 6 heavy (non-hydrogen) atoms. The molecule has 0 saturated carbocycles. The normalized spacial score (nSPS) is 6.17. The van der Waals surface area contributed by atoms with Crippen molar-refractivity contribution in [3.63, 3.8) is 0 Å². The van der Waals surface area contributed by atoms with Crippen LogP contribution in [0.4, 0.5) is 4.39 Å². The Balaban J connectivity index is 0. The van der Waals surface area contributed by atoms with Gasteiger partial charge in [-0.2, -0.15) is 0 Å². The van der Waals surface area contributed by atoms with Crippen molar-refractivity contribution in [3.8, 4) is 0 Å². The second-order valence-corrected chi connectivity index (χ2v) is 0.527. The number of halogens is 1. The topological polar surface area (TPSA) is 37.3 Å². The van der Waals surface area contributed by atoms with Gasteiger partial charge in [-0.25, -0.2) is 9.18 Å². The van der Waals surface area contributed by atoms with Crippen molar-refractivity contribution in [3.05, 3.63) is 0 Å². The monoisotopic (exact) mass is 236 g/mol. The van der Waals surface area contributed by atoms with Crippen LogP contribution in [-0.2, 0) is 4.79 Å². The minimum Gasteiger partial charge on any atom is -0.479 e. The Hall–Kier alpha value is 0.725. The third-order valence-electron chi connectivity index (χ3n) is 0.114. The zero-order valence-electron chi connectivity index (χ0n) is 2.79. The predicted octanol–water partition coefficient (Wildman–Crippen LogP) is 0.0405. The van der Waals surface area contributed by atoms with E-state index in [1.54, 1.807) is 0 Å². The molecular weight excluding hydrogens is 232 g/mol. The molecule has 0 aliphatic carbocycles. The molecular formula is C2H3FGdO2. The van der Waals surface area contributed by atoms with Crippen molar-refractivity contribution in [1.29, 1.82) is 0 Å². The van der Waals surface area contributed by atoms with Crippen molar-refractivity contribution in [1.82, 2.24) is 0 Å². The van der Waals surface area contributed by atoms with Crippen molar-refractivity contribution in [2.24, 2.45) is 0 Å². The summed E-state index contributed by atoms with van der Waals surface area (Å²) >= 11 is 0. The Morgan fingerprint density at radius 3 is 2.00 bits per heavy atom. The van der Waals surface area contributed by atoms with E-state index in [1.165, 1.54) is 0 Å². The van der Waals surface area contributed by atoms with E-state index in [1.807, 2.05) is 0 Å². The first-order valence-corrected chi connectivity index (χ1v) is 1.05. The van der Waals surface area contributed by atoms with Gasteiger partial charge in [-0.15, -0.1) is 0 Å². The quantitative estimate of drug-likeness (QED) is 0.697. The van der Waals surface area contributed by atoms with E-state index in [0.29, 0.717) is 0 Å². The van der Waals surface area contributed by atoms with Crippen molar-refractivity contribution in [2.45, 2.75) is 0 Å². The number of hydrogen-bond acceptors (Lipinski definition) is 1.